The summed E-state index contributed by atoms with van der Waals surface area (Å²) >= 11 is 0. The molecule has 4 rings (SSSR count). The van der Waals surface area contributed by atoms with E-state index in [1.165, 1.54) is 0 Å². The van der Waals surface area contributed by atoms with Crippen molar-refractivity contribution in [2.75, 3.05) is 11.5 Å². The van der Waals surface area contributed by atoms with Crippen molar-refractivity contribution in [3.8, 4) is 0 Å². The van der Waals surface area contributed by atoms with E-state index in [2.05, 4.69) is 49.6 Å². The van der Waals surface area contributed by atoms with Gasteiger partial charge in [0, 0.05) is 6.04 Å². The number of nitrogens with one attached hydrogen (secondary N) is 1. The highest BCUT2D eigenvalue weighted by Crippen LogP contribution is 2.21. The van der Waals surface area contributed by atoms with E-state index in [1.54, 1.807) is 0 Å². The van der Waals surface area contributed by atoms with Crippen molar-refractivity contribution in [3.63, 3.8) is 0 Å². The highest BCUT2D eigenvalue weighted by atomic mass is 15.2. The van der Waals surface area contributed by atoms with Crippen molar-refractivity contribution in [1.82, 2.24) is 19.5 Å². The lowest BCUT2D eigenvalue weighted by molar-refractivity contribution is 0.627. The number of imidazole rings is 2. The normalized spacial score (nSPS) is 10.2. The lowest BCUT2D eigenvalue weighted by Gasteiger charge is -2.09. The smallest absolute Gasteiger partial charge is 0.201 e. The van der Waals surface area contributed by atoms with Crippen LogP contribution in [0, 0.1) is 5.92 Å². The molecule has 152 valence electrons. The molecule has 0 aliphatic carbocycles. The molecular weight excluding hydrogens is 348 g/mol. The van der Waals surface area contributed by atoms with Crippen LogP contribution in [0.2, 0.25) is 0 Å². The van der Waals surface area contributed by atoms with Crippen LogP contribution >= 0.6 is 0 Å². The van der Waals surface area contributed by atoms with Gasteiger partial charge in [-0.15, -0.1) is 0 Å². The molecule has 0 bridgehead atoms. The molecule has 0 fully saturated rings. The summed E-state index contributed by atoms with van der Waals surface area (Å²) in [6.45, 7) is 10.7. The molecule has 4 aromatic rings. The summed E-state index contributed by atoms with van der Waals surface area (Å²) in [5, 5.41) is 0. The van der Waals surface area contributed by atoms with Crippen molar-refractivity contribution in [3.05, 3.63) is 48.5 Å². The van der Waals surface area contributed by atoms with Crippen LogP contribution in [0.25, 0.3) is 22.1 Å². The summed E-state index contributed by atoms with van der Waals surface area (Å²) in [7, 11) is 0. The highest BCUT2D eigenvalue weighted by molar-refractivity contribution is 5.78. The van der Waals surface area contributed by atoms with Crippen LogP contribution < -0.4 is 11.5 Å². The molecule has 0 saturated carbocycles. The van der Waals surface area contributed by atoms with Gasteiger partial charge in [0.05, 0.1) is 22.1 Å². The van der Waals surface area contributed by atoms with Crippen molar-refractivity contribution in [2.45, 2.75) is 48.1 Å². The number of fused-ring (bicyclic) bond motifs is 2. The maximum atomic E-state index is 5.81. The monoisotopic (exact) mass is 382 g/mol. The van der Waals surface area contributed by atoms with Gasteiger partial charge in [-0.3, -0.25) is 0 Å². The molecule has 0 radical (unpaired) electrons. The molecule has 2 heterocycles. The minimum atomic E-state index is 0. The number of aromatic nitrogens is 4. The van der Waals surface area contributed by atoms with Crippen LogP contribution in [-0.2, 0) is 0 Å². The van der Waals surface area contributed by atoms with E-state index in [0.29, 0.717) is 17.9 Å². The van der Waals surface area contributed by atoms with E-state index in [4.69, 9.17) is 11.5 Å². The minimum absolute atomic E-state index is 0. The molecule has 6 nitrogen and oxygen atoms in total. The first-order valence-electron chi connectivity index (χ1n) is 9.22. The molecule has 0 amide bonds. The summed E-state index contributed by atoms with van der Waals surface area (Å²) in [5.74, 6) is 1.90. The Labute approximate surface area is 168 Å². The second-order valence-electron chi connectivity index (χ2n) is 7.29. The Morgan fingerprint density at radius 1 is 0.821 bits per heavy atom. The van der Waals surface area contributed by atoms with Crippen LogP contribution in [0.1, 0.15) is 48.1 Å². The number of nitrogens with zero attached hydrogens (tertiary/aromatic N) is 3. The Hall–Kier alpha value is -3.02. The molecule has 0 unspecified atom stereocenters. The summed E-state index contributed by atoms with van der Waals surface area (Å²) in [5.41, 5.74) is 15.2. The first-order valence-corrected chi connectivity index (χ1v) is 9.22. The van der Waals surface area contributed by atoms with Gasteiger partial charge < -0.3 is 21.0 Å². The van der Waals surface area contributed by atoms with Crippen molar-refractivity contribution in [1.29, 1.82) is 0 Å². The van der Waals surface area contributed by atoms with E-state index < -0.39 is 0 Å². The molecular formula is C22H34N6. The number of benzene rings is 2. The second-order valence-corrected chi connectivity index (χ2v) is 7.29. The number of nitrogen functional groups attached to an aromatic ring is 2. The van der Waals surface area contributed by atoms with Crippen LogP contribution in [0.15, 0.2) is 48.5 Å². The van der Waals surface area contributed by atoms with E-state index in [9.17, 15) is 0 Å². The van der Waals surface area contributed by atoms with E-state index >= 15 is 0 Å². The lowest BCUT2D eigenvalue weighted by atomic mass is 10.3. The van der Waals surface area contributed by atoms with E-state index in [-0.39, 0.29) is 7.43 Å². The number of hydrogen-bond donors (Lipinski definition) is 3. The summed E-state index contributed by atoms with van der Waals surface area (Å²) < 4.78 is 2.04. The molecule has 0 atom stereocenters. The standard InChI is InChI=1S/C10H13N3.C7H7N3.C4H10.CH4/c1-7(2)13-9-6-4-3-5-8(9)12-10(13)11;8-7-9-5-3-1-2-4-6(5)10-7;1-4(2)3;/h3-7H,1-2H3,(H2,11,12);1-4H,(H3,8,9,10);4H,1-3H3;1H4. The number of hydrogen-bond acceptors (Lipinski definition) is 4. The molecule has 28 heavy (non-hydrogen) atoms. The Balaban J connectivity index is 0.000000234. The number of aromatic amines is 1. The van der Waals surface area contributed by atoms with Gasteiger partial charge in [-0.1, -0.05) is 52.5 Å². The first kappa shape index (κ1) is 23.0. The fraction of sp³-hybridized carbons (Fsp3) is 0.364. The molecule has 5 N–H and O–H groups in total. The number of nitrogens with two attached hydrogens (primary N) is 2. The van der Waals surface area contributed by atoms with Crippen LogP contribution in [0.3, 0.4) is 0 Å². The maximum Gasteiger partial charge on any atom is 0.201 e. The molecule has 2 aromatic carbocycles. The van der Waals surface area contributed by atoms with Gasteiger partial charge in [-0.05, 0) is 44.0 Å². The number of anilines is 2. The van der Waals surface area contributed by atoms with E-state index in [0.717, 1.165) is 28.0 Å². The zero-order valence-electron chi connectivity index (χ0n) is 16.8. The average molecular weight is 383 g/mol. The number of rotatable bonds is 1. The van der Waals surface area contributed by atoms with Crippen LogP contribution in [0.5, 0.6) is 0 Å². The maximum absolute atomic E-state index is 5.81. The van der Waals surface area contributed by atoms with E-state index in [1.807, 2.05) is 53.1 Å². The zero-order chi connectivity index (χ0) is 20.0. The summed E-state index contributed by atoms with van der Waals surface area (Å²) in [4.78, 5) is 11.2. The molecule has 0 aliphatic rings. The molecule has 0 saturated heterocycles. The summed E-state index contributed by atoms with van der Waals surface area (Å²) in [6.07, 6.45) is 0. The van der Waals surface area contributed by atoms with Crippen LogP contribution in [-0.4, -0.2) is 19.5 Å². The Morgan fingerprint density at radius 2 is 1.36 bits per heavy atom. The SMILES string of the molecule is C.CC(C)C.CC(C)n1c(N)nc2ccccc21.Nc1nc2ccccc2[nH]1. The van der Waals surface area contributed by atoms with Crippen molar-refractivity contribution < 1.29 is 0 Å². The average Bonchev–Trinajstić information content (AvgIpc) is 3.12. The van der Waals surface area contributed by atoms with Crippen molar-refractivity contribution >= 4 is 34.0 Å². The van der Waals surface area contributed by atoms with Gasteiger partial charge in [0.2, 0.25) is 5.95 Å². The van der Waals surface area contributed by atoms with Gasteiger partial charge in [0.25, 0.3) is 0 Å². The van der Waals surface area contributed by atoms with Gasteiger partial charge in [0.1, 0.15) is 0 Å². The second kappa shape index (κ2) is 10.3. The Morgan fingerprint density at radius 3 is 1.93 bits per heavy atom. The van der Waals surface area contributed by atoms with Crippen molar-refractivity contribution in [2.24, 2.45) is 5.92 Å². The minimum Gasteiger partial charge on any atom is -0.369 e. The number of H-pyrrole nitrogens is 1. The molecule has 0 spiro atoms. The predicted octanol–water partition coefficient (Wildman–Crippen LogP) is 5.64. The Kier molecular flexibility index (Phi) is 8.51. The number of para-hydroxylation sites is 4. The fourth-order valence-corrected chi connectivity index (χ4v) is 2.58. The highest BCUT2D eigenvalue weighted by Gasteiger charge is 2.08. The lowest BCUT2D eigenvalue weighted by Crippen LogP contribution is -2.05. The third-order valence-corrected chi connectivity index (χ3v) is 3.55. The fourth-order valence-electron chi connectivity index (χ4n) is 2.58. The van der Waals surface area contributed by atoms with Gasteiger partial charge >= 0.3 is 0 Å². The first-order chi connectivity index (χ1) is 12.8. The largest absolute Gasteiger partial charge is 0.369 e. The topological polar surface area (TPSA) is 98.5 Å². The third-order valence-electron chi connectivity index (χ3n) is 3.55. The quantitative estimate of drug-likeness (QED) is 0.396. The molecule has 6 heteroatoms. The summed E-state index contributed by atoms with van der Waals surface area (Å²) in [6, 6.07) is 16.1. The third kappa shape index (κ3) is 6.01. The molecule has 0 aliphatic heterocycles. The predicted molar refractivity (Wildman–Crippen MR) is 122 cm³/mol. The zero-order valence-corrected chi connectivity index (χ0v) is 16.8. The van der Waals surface area contributed by atoms with Gasteiger partial charge in [0.15, 0.2) is 5.95 Å². The molecule has 2 aromatic heterocycles. The Bertz CT molecular complexity index is 945. The van der Waals surface area contributed by atoms with Crippen LogP contribution in [0.4, 0.5) is 11.9 Å². The van der Waals surface area contributed by atoms with Gasteiger partial charge in [-0.2, -0.15) is 0 Å². The van der Waals surface area contributed by atoms with Gasteiger partial charge in [-0.25, -0.2) is 9.97 Å².